The molecule has 0 radical (unpaired) electrons. The van der Waals surface area contributed by atoms with Crippen LogP contribution >= 0.6 is 27.3 Å². The highest BCUT2D eigenvalue weighted by atomic mass is 79.9. The number of benzene rings is 1. The second kappa shape index (κ2) is 6.96. The molecule has 1 aromatic carbocycles. The Morgan fingerprint density at radius 1 is 1.32 bits per heavy atom. The Balaban J connectivity index is 1.80. The molecule has 0 aliphatic rings. The summed E-state index contributed by atoms with van der Waals surface area (Å²) in [5, 5.41) is 2.04. The number of ketones is 1. The van der Waals surface area contributed by atoms with Gasteiger partial charge in [0.2, 0.25) is 0 Å². The molecular formula is C15H14BrFOS. The van der Waals surface area contributed by atoms with Crippen LogP contribution in [-0.2, 0) is 17.6 Å². The van der Waals surface area contributed by atoms with Crippen LogP contribution in [-0.4, -0.2) is 5.78 Å². The van der Waals surface area contributed by atoms with E-state index in [1.165, 1.54) is 10.9 Å². The van der Waals surface area contributed by atoms with Crippen molar-refractivity contribution in [2.45, 2.75) is 25.7 Å². The maximum Gasteiger partial charge on any atom is 0.137 e. The van der Waals surface area contributed by atoms with Crippen molar-refractivity contribution in [3.8, 4) is 0 Å². The predicted molar refractivity (Wildman–Crippen MR) is 80.1 cm³/mol. The molecule has 0 atom stereocenters. The summed E-state index contributed by atoms with van der Waals surface area (Å²) in [5.41, 5.74) is 0.476. The van der Waals surface area contributed by atoms with E-state index in [4.69, 9.17) is 0 Å². The topological polar surface area (TPSA) is 17.1 Å². The van der Waals surface area contributed by atoms with Crippen LogP contribution in [0.4, 0.5) is 4.39 Å². The molecule has 1 aromatic heterocycles. The van der Waals surface area contributed by atoms with E-state index in [2.05, 4.69) is 22.0 Å². The lowest BCUT2D eigenvalue weighted by atomic mass is 10.0. The number of halogens is 2. The number of Topliss-reactive ketones (excluding diaryl/α,β-unsaturated/α-hetero) is 1. The third-order valence-corrected chi connectivity index (χ3v) is 4.29. The quantitative estimate of drug-likeness (QED) is 0.739. The maximum atomic E-state index is 13.6. The second-order valence-corrected chi connectivity index (χ2v) is 6.33. The first-order valence-electron chi connectivity index (χ1n) is 6.13. The van der Waals surface area contributed by atoms with Crippen LogP contribution in [0, 0.1) is 5.82 Å². The van der Waals surface area contributed by atoms with E-state index in [9.17, 15) is 9.18 Å². The number of carbonyl (C=O) groups is 1. The summed E-state index contributed by atoms with van der Waals surface area (Å²) in [6.45, 7) is 0. The molecule has 19 heavy (non-hydrogen) atoms. The number of thiophene rings is 1. The fraction of sp³-hybridized carbons (Fsp3) is 0.267. The van der Waals surface area contributed by atoms with Gasteiger partial charge in [-0.1, -0.05) is 28.1 Å². The van der Waals surface area contributed by atoms with Crippen LogP contribution in [0.3, 0.4) is 0 Å². The van der Waals surface area contributed by atoms with Gasteiger partial charge in [-0.05, 0) is 42.0 Å². The lowest BCUT2D eigenvalue weighted by Gasteiger charge is -2.03. The smallest absolute Gasteiger partial charge is 0.137 e. The van der Waals surface area contributed by atoms with Crippen molar-refractivity contribution in [1.82, 2.24) is 0 Å². The molecular weight excluding hydrogens is 327 g/mol. The van der Waals surface area contributed by atoms with E-state index in [0.29, 0.717) is 16.5 Å². The SMILES string of the molecule is O=C(CCCc1cccs1)Cc1ccc(Br)cc1F. The highest BCUT2D eigenvalue weighted by molar-refractivity contribution is 9.10. The summed E-state index contributed by atoms with van der Waals surface area (Å²) in [6.07, 6.45) is 2.45. The van der Waals surface area contributed by atoms with Crippen LogP contribution in [0.25, 0.3) is 0 Å². The molecule has 100 valence electrons. The molecule has 2 aromatic rings. The minimum atomic E-state index is -0.319. The largest absolute Gasteiger partial charge is 0.299 e. The number of hydrogen-bond acceptors (Lipinski definition) is 2. The van der Waals surface area contributed by atoms with Gasteiger partial charge in [0.15, 0.2) is 0 Å². The Bertz CT molecular complexity index is 551. The molecule has 1 nitrogen and oxygen atoms in total. The maximum absolute atomic E-state index is 13.6. The predicted octanol–water partition coefficient (Wildman–Crippen LogP) is 4.78. The number of hydrogen-bond donors (Lipinski definition) is 0. The molecule has 0 aliphatic carbocycles. The molecule has 0 unspecified atom stereocenters. The summed E-state index contributed by atoms with van der Waals surface area (Å²) < 4.78 is 14.3. The highest BCUT2D eigenvalue weighted by Crippen LogP contribution is 2.17. The first kappa shape index (κ1) is 14.4. The molecule has 1 heterocycles. The average molecular weight is 341 g/mol. The van der Waals surface area contributed by atoms with Crippen LogP contribution < -0.4 is 0 Å². The summed E-state index contributed by atoms with van der Waals surface area (Å²) in [4.78, 5) is 13.1. The van der Waals surface area contributed by atoms with Gasteiger partial charge in [-0.25, -0.2) is 4.39 Å². The fourth-order valence-electron chi connectivity index (χ4n) is 1.88. The van der Waals surface area contributed by atoms with E-state index >= 15 is 0 Å². The van der Waals surface area contributed by atoms with E-state index in [0.717, 1.165) is 12.8 Å². The second-order valence-electron chi connectivity index (χ2n) is 4.38. The lowest BCUT2D eigenvalue weighted by Crippen LogP contribution is -2.04. The Kier molecular flexibility index (Phi) is 5.28. The van der Waals surface area contributed by atoms with Gasteiger partial charge >= 0.3 is 0 Å². The Morgan fingerprint density at radius 2 is 2.16 bits per heavy atom. The highest BCUT2D eigenvalue weighted by Gasteiger charge is 2.08. The first-order chi connectivity index (χ1) is 9.15. The van der Waals surface area contributed by atoms with Crippen molar-refractivity contribution in [2.75, 3.05) is 0 Å². The van der Waals surface area contributed by atoms with Gasteiger partial charge in [-0.2, -0.15) is 0 Å². The molecule has 2 rings (SSSR count). The first-order valence-corrected chi connectivity index (χ1v) is 7.80. The molecule has 0 fully saturated rings. The van der Waals surface area contributed by atoms with E-state index < -0.39 is 0 Å². The summed E-state index contributed by atoms with van der Waals surface area (Å²) in [5.74, 6) is -0.223. The van der Waals surface area contributed by atoms with Crippen molar-refractivity contribution in [2.24, 2.45) is 0 Å². The molecule has 0 bridgehead atoms. The zero-order valence-corrected chi connectivity index (χ0v) is 12.8. The van der Waals surface area contributed by atoms with Crippen LogP contribution in [0.1, 0.15) is 23.3 Å². The molecule has 0 saturated carbocycles. The number of rotatable bonds is 6. The summed E-state index contributed by atoms with van der Waals surface area (Å²) in [6, 6.07) is 8.91. The van der Waals surface area contributed by atoms with Gasteiger partial charge in [-0.15, -0.1) is 11.3 Å². The minimum Gasteiger partial charge on any atom is -0.299 e. The van der Waals surface area contributed by atoms with Gasteiger partial charge in [0.05, 0.1) is 0 Å². The van der Waals surface area contributed by atoms with Crippen molar-refractivity contribution in [1.29, 1.82) is 0 Å². The van der Waals surface area contributed by atoms with Crippen LogP contribution in [0.5, 0.6) is 0 Å². The number of aryl methyl sites for hydroxylation is 1. The molecule has 0 spiro atoms. The third-order valence-electron chi connectivity index (χ3n) is 2.86. The van der Waals surface area contributed by atoms with Gasteiger partial charge in [0.25, 0.3) is 0 Å². The van der Waals surface area contributed by atoms with E-state index in [-0.39, 0.29) is 18.0 Å². The Hall–Kier alpha value is -1.00. The molecule has 0 saturated heterocycles. The Morgan fingerprint density at radius 3 is 2.84 bits per heavy atom. The zero-order chi connectivity index (χ0) is 13.7. The van der Waals surface area contributed by atoms with Gasteiger partial charge in [-0.3, -0.25) is 4.79 Å². The van der Waals surface area contributed by atoms with E-state index in [1.54, 1.807) is 23.5 Å². The van der Waals surface area contributed by atoms with Crippen molar-refractivity contribution in [3.63, 3.8) is 0 Å². The standard InChI is InChI=1S/C15H14BrFOS/c16-12-7-6-11(15(17)10-12)9-13(18)3-1-4-14-5-2-8-19-14/h2,5-8,10H,1,3-4,9H2. The van der Waals surface area contributed by atoms with E-state index in [1.807, 2.05) is 11.4 Å². The molecule has 0 amide bonds. The Labute approximate surface area is 124 Å². The van der Waals surface area contributed by atoms with Gasteiger partial charge < -0.3 is 0 Å². The summed E-state index contributed by atoms with van der Waals surface area (Å²) in [7, 11) is 0. The average Bonchev–Trinajstić information content (AvgIpc) is 2.86. The molecule has 4 heteroatoms. The molecule has 0 N–H and O–H groups in total. The summed E-state index contributed by atoms with van der Waals surface area (Å²) >= 11 is 4.91. The normalized spacial score (nSPS) is 10.6. The fourth-order valence-corrected chi connectivity index (χ4v) is 2.96. The van der Waals surface area contributed by atoms with Crippen LogP contribution in [0.15, 0.2) is 40.2 Å². The number of carbonyl (C=O) groups excluding carboxylic acids is 1. The van der Waals surface area contributed by atoms with Crippen molar-refractivity contribution >= 4 is 33.0 Å². The van der Waals surface area contributed by atoms with Crippen LogP contribution in [0.2, 0.25) is 0 Å². The minimum absolute atomic E-state index is 0.0952. The molecule has 0 aliphatic heterocycles. The van der Waals surface area contributed by atoms with Gasteiger partial charge in [0.1, 0.15) is 11.6 Å². The van der Waals surface area contributed by atoms with Crippen molar-refractivity contribution in [3.05, 3.63) is 56.4 Å². The monoisotopic (exact) mass is 340 g/mol. The zero-order valence-electron chi connectivity index (χ0n) is 10.4. The van der Waals surface area contributed by atoms with Crippen molar-refractivity contribution < 1.29 is 9.18 Å². The van der Waals surface area contributed by atoms with Gasteiger partial charge in [0, 0.05) is 22.2 Å². The third kappa shape index (κ3) is 4.55. The lowest BCUT2D eigenvalue weighted by molar-refractivity contribution is -0.118.